The van der Waals surface area contributed by atoms with E-state index in [2.05, 4.69) is 0 Å². The molecule has 0 radical (unpaired) electrons. The maximum Gasteiger partial charge on any atom is 0.311 e. The number of carboxylic acids is 1. The first-order valence-corrected chi connectivity index (χ1v) is 8.46. The van der Waals surface area contributed by atoms with Crippen molar-refractivity contribution in [2.24, 2.45) is 11.3 Å². The first kappa shape index (κ1) is 14.9. The van der Waals surface area contributed by atoms with Gasteiger partial charge in [0.05, 0.1) is 9.75 Å². The Morgan fingerprint density at radius 3 is 2.90 bits per heavy atom. The molecule has 2 atom stereocenters. The molecule has 1 aliphatic heterocycles. The van der Waals surface area contributed by atoms with Crippen LogP contribution in [0.25, 0.3) is 0 Å². The van der Waals surface area contributed by atoms with Gasteiger partial charge in [0, 0.05) is 24.4 Å². The number of amides is 1. The second kappa shape index (κ2) is 5.61. The van der Waals surface area contributed by atoms with E-state index in [9.17, 15) is 14.7 Å². The Morgan fingerprint density at radius 2 is 2.29 bits per heavy atom. The van der Waals surface area contributed by atoms with Crippen LogP contribution < -0.4 is 0 Å². The largest absolute Gasteiger partial charge is 0.481 e. The van der Waals surface area contributed by atoms with E-state index in [1.807, 2.05) is 12.1 Å². The molecular weight excluding hydrogens is 310 g/mol. The molecule has 0 bridgehead atoms. The van der Waals surface area contributed by atoms with Gasteiger partial charge in [0.15, 0.2) is 0 Å². The van der Waals surface area contributed by atoms with Gasteiger partial charge in [-0.05, 0) is 37.3 Å². The summed E-state index contributed by atoms with van der Waals surface area (Å²) in [6, 6.07) is 3.78. The average Bonchev–Trinajstić information content (AvgIpc) is 3.09. The molecule has 3 rings (SSSR count). The van der Waals surface area contributed by atoms with E-state index in [-0.39, 0.29) is 11.8 Å². The first-order valence-electron chi connectivity index (χ1n) is 7.27. The zero-order valence-electron chi connectivity index (χ0n) is 11.7. The molecule has 1 saturated heterocycles. The Morgan fingerprint density at radius 1 is 1.48 bits per heavy atom. The van der Waals surface area contributed by atoms with Gasteiger partial charge in [-0.15, -0.1) is 11.3 Å². The number of carboxylic acid groups (broad SMARTS) is 1. The standard InChI is InChI=1S/C15H18ClNO3S/c16-12-5-3-11(21-12)4-6-13(18)17-8-10-2-1-7-15(10,9-17)14(19)20/h3,5,10H,1-2,4,6-9H2,(H,19,20)/t10-,15+/m0/s1. The van der Waals surface area contributed by atoms with Crippen LogP contribution >= 0.6 is 22.9 Å². The number of likely N-dealkylation sites (tertiary alicyclic amines) is 1. The Hall–Kier alpha value is -1.07. The summed E-state index contributed by atoms with van der Waals surface area (Å²) in [5.74, 6) is -0.532. The van der Waals surface area contributed by atoms with E-state index in [1.165, 1.54) is 11.3 Å². The summed E-state index contributed by atoms with van der Waals surface area (Å²) in [4.78, 5) is 26.8. The number of rotatable bonds is 4. The SMILES string of the molecule is O=C(CCc1ccc(Cl)s1)N1C[C@@H]2CCC[C@@]2(C(=O)O)C1. The molecule has 1 aliphatic carbocycles. The summed E-state index contributed by atoms with van der Waals surface area (Å²) >= 11 is 7.37. The van der Waals surface area contributed by atoms with Crippen molar-refractivity contribution in [2.75, 3.05) is 13.1 Å². The molecule has 0 unspecified atom stereocenters. The molecule has 21 heavy (non-hydrogen) atoms. The summed E-state index contributed by atoms with van der Waals surface area (Å²) in [5.41, 5.74) is -0.679. The van der Waals surface area contributed by atoms with Crippen LogP contribution in [-0.4, -0.2) is 35.0 Å². The van der Waals surface area contributed by atoms with Gasteiger partial charge in [-0.3, -0.25) is 9.59 Å². The molecule has 2 aliphatic rings. The number of aryl methyl sites for hydroxylation is 1. The minimum absolute atomic E-state index is 0.0644. The van der Waals surface area contributed by atoms with Crippen LogP contribution in [0.3, 0.4) is 0 Å². The lowest BCUT2D eigenvalue weighted by molar-refractivity contribution is -0.149. The molecule has 6 heteroatoms. The van der Waals surface area contributed by atoms with Crippen molar-refractivity contribution < 1.29 is 14.7 Å². The third-order valence-corrected chi connectivity index (χ3v) is 6.15. The van der Waals surface area contributed by atoms with E-state index in [0.717, 1.165) is 22.1 Å². The van der Waals surface area contributed by atoms with Gasteiger partial charge in [-0.1, -0.05) is 18.0 Å². The fourth-order valence-electron chi connectivity index (χ4n) is 3.70. The number of thiophene rings is 1. The second-order valence-corrected chi connectivity index (χ2v) is 7.83. The van der Waals surface area contributed by atoms with Crippen LogP contribution in [0.5, 0.6) is 0 Å². The van der Waals surface area contributed by atoms with Crippen molar-refractivity contribution in [3.05, 3.63) is 21.3 Å². The second-order valence-electron chi connectivity index (χ2n) is 6.03. The minimum Gasteiger partial charge on any atom is -0.481 e. The van der Waals surface area contributed by atoms with Crippen LogP contribution in [0.4, 0.5) is 0 Å². The van der Waals surface area contributed by atoms with E-state index in [1.54, 1.807) is 4.90 Å². The fraction of sp³-hybridized carbons (Fsp3) is 0.600. The molecule has 0 aromatic carbocycles. The monoisotopic (exact) mass is 327 g/mol. The summed E-state index contributed by atoms with van der Waals surface area (Å²) in [7, 11) is 0. The van der Waals surface area contributed by atoms with Gasteiger partial charge in [0.25, 0.3) is 0 Å². The van der Waals surface area contributed by atoms with Gasteiger partial charge >= 0.3 is 5.97 Å². The van der Waals surface area contributed by atoms with Gasteiger partial charge in [-0.2, -0.15) is 0 Å². The molecule has 1 aromatic heterocycles. The van der Waals surface area contributed by atoms with Gasteiger partial charge in [0.2, 0.25) is 5.91 Å². The topological polar surface area (TPSA) is 57.6 Å². The lowest BCUT2D eigenvalue weighted by atomic mass is 9.81. The summed E-state index contributed by atoms with van der Waals surface area (Å²) in [6.07, 6.45) is 3.71. The normalized spacial score (nSPS) is 27.9. The lowest BCUT2D eigenvalue weighted by Gasteiger charge is -2.23. The highest BCUT2D eigenvalue weighted by molar-refractivity contribution is 7.16. The molecular formula is C15H18ClNO3S. The summed E-state index contributed by atoms with van der Waals surface area (Å²) in [5, 5.41) is 9.53. The first-order chi connectivity index (χ1) is 10.0. The van der Waals surface area contributed by atoms with Gasteiger partial charge in [-0.25, -0.2) is 0 Å². The van der Waals surface area contributed by atoms with Crippen LogP contribution in [0.15, 0.2) is 12.1 Å². The molecule has 1 N–H and O–H groups in total. The number of hydrogen-bond acceptors (Lipinski definition) is 3. The highest BCUT2D eigenvalue weighted by atomic mass is 35.5. The third-order valence-electron chi connectivity index (χ3n) is 4.86. The summed E-state index contributed by atoms with van der Waals surface area (Å²) in [6.45, 7) is 0.993. The number of halogens is 1. The highest BCUT2D eigenvalue weighted by Crippen LogP contribution is 2.49. The van der Waals surface area contributed by atoms with Crippen molar-refractivity contribution in [3.8, 4) is 0 Å². The van der Waals surface area contributed by atoms with Crippen molar-refractivity contribution in [3.63, 3.8) is 0 Å². The summed E-state index contributed by atoms with van der Waals surface area (Å²) < 4.78 is 0.734. The third kappa shape index (κ3) is 2.69. The van der Waals surface area contributed by atoms with E-state index in [0.29, 0.717) is 32.4 Å². The van der Waals surface area contributed by atoms with Crippen molar-refractivity contribution >= 4 is 34.8 Å². The van der Waals surface area contributed by atoms with Crippen LogP contribution in [-0.2, 0) is 16.0 Å². The van der Waals surface area contributed by atoms with E-state index < -0.39 is 11.4 Å². The Kier molecular flexibility index (Phi) is 3.97. The highest BCUT2D eigenvalue weighted by Gasteiger charge is 2.55. The zero-order valence-corrected chi connectivity index (χ0v) is 13.3. The average molecular weight is 328 g/mol. The van der Waals surface area contributed by atoms with Crippen LogP contribution in [0.2, 0.25) is 4.34 Å². The van der Waals surface area contributed by atoms with Gasteiger partial charge < -0.3 is 10.0 Å². The van der Waals surface area contributed by atoms with Crippen LogP contribution in [0.1, 0.15) is 30.6 Å². The maximum absolute atomic E-state index is 12.3. The van der Waals surface area contributed by atoms with Crippen molar-refractivity contribution in [1.29, 1.82) is 0 Å². The van der Waals surface area contributed by atoms with Crippen molar-refractivity contribution in [1.82, 2.24) is 4.90 Å². The fourth-order valence-corrected chi connectivity index (χ4v) is 4.79. The predicted octanol–water partition coefficient (Wildman–Crippen LogP) is 3.05. The van der Waals surface area contributed by atoms with Crippen LogP contribution in [0, 0.1) is 11.3 Å². The Bertz CT molecular complexity index is 573. The number of carbonyl (C=O) groups is 2. The number of hydrogen-bond donors (Lipinski definition) is 1. The molecule has 1 saturated carbocycles. The number of nitrogens with zero attached hydrogens (tertiary/aromatic N) is 1. The number of aliphatic carboxylic acids is 1. The maximum atomic E-state index is 12.3. The number of carbonyl (C=O) groups excluding carboxylic acids is 1. The molecule has 2 heterocycles. The van der Waals surface area contributed by atoms with Crippen molar-refractivity contribution in [2.45, 2.75) is 32.1 Å². The Labute approximate surface area is 132 Å². The van der Waals surface area contributed by atoms with E-state index >= 15 is 0 Å². The molecule has 1 amide bonds. The minimum atomic E-state index is -0.731. The van der Waals surface area contributed by atoms with E-state index in [4.69, 9.17) is 11.6 Å². The molecule has 2 fully saturated rings. The zero-order chi connectivity index (χ0) is 15.0. The smallest absolute Gasteiger partial charge is 0.311 e. The predicted molar refractivity (Wildman–Crippen MR) is 81.6 cm³/mol. The van der Waals surface area contributed by atoms with Gasteiger partial charge in [0.1, 0.15) is 0 Å². The quantitative estimate of drug-likeness (QED) is 0.924. The molecule has 0 spiro atoms. The number of fused-ring (bicyclic) bond motifs is 1. The lowest BCUT2D eigenvalue weighted by Crippen LogP contribution is -2.37. The Balaban J connectivity index is 1.61. The molecule has 114 valence electrons. The molecule has 1 aromatic rings. The molecule has 4 nitrogen and oxygen atoms in total.